The van der Waals surface area contributed by atoms with Crippen molar-refractivity contribution in [3.63, 3.8) is 0 Å². The molecule has 168 valence electrons. The van der Waals surface area contributed by atoms with Crippen molar-refractivity contribution in [1.82, 2.24) is 0 Å². The Labute approximate surface area is 176 Å². The van der Waals surface area contributed by atoms with E-state index in [-0.39, 0.29) is 5.92 Å². The molecular formula is C25H51NO2. The van der Waals surface area contributed by atoms with Gasteiger partial charge in [0.05, 0.1) is 21.1 Å². The molecule has 0 N–H and O–H groups in total. The Bertz CT molecular complexity index is 388. The smallest absolute Gasteiger partial charge is 0.139 e. The van der Waals surface area contributed by atoms with Gasteiger partial charge in [-0.05, 0) is 19.8 Å². The van der Waals surface area contributed by atoms with E-state index < -0.39 is 11.5 Å². The quantitative estimate of drug-likeness (QED) is 0.195. The van der Waals surface area contributed by atoms with Crippen LogP contribution in [0.15, 0.2) is 0 Å². The molecule has 0 aromatic heterocycles. The zero-order chi connectivity index (χ0) is 21.5. The molecule has 0 spiro atoms. The van der Waals surface area contributed by atoms with Crippen molar-refractivity contribution in [2.75, 3.05) is 21.1 Å². The Morgan fingerprint density at radius 2 is 1.04 bits per heavy atom. The van der Waals surface area contributed by atoms with Crippen molar-refractivity contribution in [2.45, 2.75) is 129 Å². The topological polar surface area (TPSA) is 40.1 Å². The minimum Gasteiger partial charge on any atom is -0.544 e. The molecule has 0 aliphatic heterocycles. The van der Waals surface area contributed by atoms with Crippen LogP contribution in [0, 0.1) is 5.92 Å². The normalized spacial score (nSPS) is 15.4. The summed E-state index contributed by atoms with van der Waals surface area (Å²) < 4.78 is 0.437. The van der Waals surface area contributed by atoms with Crippen LogP contribution in [0.25, 0.3) is 0 Å². The summed E-state index contributed by atoms with van der Waals surface area (Å²) in [7, 11) is 6.03. The molecule has 0 aliphatic carbocycles. The lowest BCUT2D eigenvalue weighted by molar-refractivity contribution is -0.918. The van der Waals surface area contributed by atoms with Crippen LogP contribution in [0.1, 0.15) is 124 Å². The number of carbonyl (C=O) groups excluding carboxylic acids is 1. The zero-order valence-electron chi connectivity index (χ0n) is 20.2. The molecule has 0 heterocycles. The molecule has 0 fully saturated rings. The highest BCUT2D eigenvalue weighted by Crippen LogP contribution is 2.35. The van der Waals surface area contributed by atoms with Gasteiger partial charge in [0.2, 0.25) is 0 Å². The second-order valence-corrected chi connectivity index (χ2v) is 9.96. The molecule has 2 atom stereocenters. The first kappa shape index (κ1) is 27.4. The molecule has 0 bridgehead atoms. The Kier molecular flexibility index (Phi) is 15.0. The molecule has 2 unspecified atom stereocenters. The molecule has 0 saturated heterocycles. The zero-order valence-corrected chi connectivity index (χ0v) is 20.2. The fourth-order valence-electron chi connectivity index (χ4n) is 4.39. The Hall–Kier alpha value is -0.570. The number of likely N-dealkylation sites (N-methyl/N-ethyl adjacent to an activating group) is 1. The minimum absolute atomic E-state index is 0.198. The Morgan fingerprint density at radius 1 is 0.714 bits per heavy atom. The van der Waals surface area contributed by atoms with Crippen molar-refractivity contribution in [3.8, 4) is 0 Å². The number of rotatable bonds is 19. The predicted molar refractivity (Wildman–Crippen MR) is 120 cm³/mol. The number of quaternary nitrogens is 1. The maximum absolute atomic E-state index is 12.2. The van der Waals surface area contributed by atoms with Crippen LogP contribution < -0.4 is 5.11 Å². The van der Waals surface area contributed by atoms with E-state index >= 15 is 0 Å². The molecular weight excluding hydrogens is 346 g/mol. The van der Waals surface area contributed by atoms with Crippen LogP contribution in [-0.4, -0.2) is 37.1 Å². The van der Waals surface area contributed by atoms with Gasteiger partial charge in [0.1, 0.15) is 11.5 Å². The molecule has 0 rings (SSSR count). The Balaban J connectivity index is 4.55. The monoisotopic (exact) mass is 397 g/mol. The van der Waals surface area contributed by atoms with Gasteiger partial charge in [-0.25, -0.2) is 0 Å². The van der Waals surface area contributed by atoms with Crippen molar-refractivity contribution in [2.24, 2.45) is 5.92 Å². The van der Waals surface area contributed by atoms with Gasteiger partial charge in [-0.3, -0.25) is 0 Å². The van der Waals surface area contributed by atoms with Gasteiger partial charge in [-0.15, -0.1) is 0 Å². The van der Waals surface area contributed by atoms with Crippen molar-refractivity contribution in [3.05, 3.63) is 0 Å². The highest BCUT2D eigenvalue weighted by molar-refractivity contribution is 5.75. The van der Waals surface area contributed by atoms with E-state index in [1.807, 2.05) is 28.1 Å². The highest BCUT2D eigenvalue weighted by Gasteiger charge is 2.46. The largest absolute Gasteiger partial charge is 0.544 e. The van der Waals surface area contributed by atoms with Crippen LogP contribution in [0.2, 0.25) is 0 Å². The fourth-order valence-corrected chi connectivity index (χ4v) is 4.39. The van der Waals surface area contributed by atoms with E-state index in [0.29, 0.717) is 4.48 Å². The molecule has 0 saturated carbocycles. The average molecular weight is 398 g/mol. The number of unbranched alkanes of at least 4 members (excludes halogenated alkanes) is 12. The molecule has 0 aromatic carbocycles. The van der Waals surface area contributed by atoms with Gasteiger partial charge in [-0.1, -0.05) is 104 Å². The lowest BCUT2D eigenvalue weighted by Gasteiger charge is -2.49. The maximum Gasteiger partial charge on any atom is 0.139 e. The molecule has 28 heavy (non-hydrogen) atoms. The first-order chi connectivity index (χ1) is 13.2. The standard InChI is InChI=1S/C25H51NO2/c1-7-9-11-13-14-15-16-18-20-22-23(21-19-17-12-10-8-2)25(3,24(27)28)26(4,5)6/h23H,7-22H2,1-6H3. The summed E-state index contributed by atoms with van der Waals surface area (Å²) in [6.45, 7) is 6.42. The van der Waals surface area contributed by atoms with Gasteiger partial charge in [0.15, 0.2) is 0 Å². The van der Waals surface area contributed by atoms with E-state index in [2.05, 4.69) is 13.8 Å². The third-order valence-electron chi connectivity index (χ3n) is 6.91. The predicted octanol–water partition coefficient (Wildman–Crippen LogP) is 6.10. The molecule has 0 aliphatic rings. The lowest BCUT2D eigenvalue weighted by atomic mass is 9.76. The summed E-state index contributed by atoms with van der Waals surface area (Å²) in [5.74, 6) is -0.682. The number of hydrogen-bond donors (Lipinski definition) is 0. The van der Waals surface area contributed by atoms with Crippen molar-refractivity contribution >= 4 is 5.97 Å². The van der Waals surface area contributed by atoms with Crippen LogP contribution >= 0.6 is 0 Å². The van der Waals surface area contributed by atoms with E-state index in [1.54, 1.807) is 0 Å². The summed E-state index contributed by atoms with van der Waals surface area (Å²) in [5.41, 5.74) is -0.815. The molecule has 0 amide bonds. The summed E-state index contributed by atoms with van der Waals surface area (Å²) in [6, 6.07) is 0. The van der Waals surface area contributed by atoms with Crippen molar-refractivity contribution < 1.29 is 14.4 Å². The van der Waals surface area contributed by atoms with Crippen molar-refractivity contribution in [1.29, 1.82) is 0 Å². The first-order valence-corrected chi connectivity index (χ1v) is 12.2. The average Bonchev–Trinajstić information content (AvgIpc) is 2.63. The number of carbonyl (C=O) groups is 1. The van der Waals surface area contributed by atoms with E-state index in [9.17, 15) is 9.90 Å². The summed E-state index contributed by atoms with van der Waals surface area (Å²) in [4.78, 5) is 12.2. The third-order valence-corrected chi connectivity index (χ3v) is 6.91. The molecule has 3 heteroatoms. The third kappa shape index (κ3) is 10.3. The number of aliphatic carboxylic acids is 1. The van der Waals surface area contributed by atoms with E-state index in [1.165, 1.54) is 77.0 Å². The molecule has 0 radical (unpaired) electrons. The van der Waals surface area contributed by atoms with Gasteiger partial charge >= 0.3 is 0 Å². The van der Waals surface area contributed by atoms with Crippen LogP contribution in [0.4, 0.5) is 0 Å². The second kappa shape index (κ2) is 15.3. The van der Waals surface area contributed by atoms with Gasteiger partial charge in [-0.2, -0.15) is 0 Å². The minimum atomic E-state index is -0.880. The first-order valence-electron chi connectivity index (χ1n) is 12.2. The van der Waals surface area contributed by atoms with Crippen LogP contribution in [0.5, 0.6) is 0 Å². The van der Waals surface area contributed by atoms with Gasteiger partial charge in [0, 0.05) is 5.92 Å². The van der Waals surface area contributed by atoms with Gasteiger partial charge in [0.25, 0.3) is 0 Å². The fraction of sp³-hybridized carbons (Fsp3) is 0.960. The Morgan fingerprint density at radius 3 is 1.32 bits per heavy atom. The van der Waals surface area contributed by atoms with Gasteiger partial charge < -0.3 is 14.4 Å². The van der Waals surface area contributed by atoms with E-state index in [0.717, 1.165) is 25.7 Å². The highest BCUT2D eigenvalue weighted by atomic mass is 16.4. The lowest BCUT2D eigenvalue weighted by Crippen LogP contribution is -2.68. The molecule has 0 aromatic rings. The number of carboxylic acids is 1. The SMILES string of the molecule is CCCCCCCCCCCC(CCCCCCC)C(C)(C(=O)[O-])[N+](C)(C)C. The maximum atomic E-state index is 12.2. The van der Waals surface area contributed by atoms with E-state index in [4.69, 9.17) is 0 Å². The summed E-state index contributed by atoms with van der Waals surface area (Å²) in [6.07, 6.45) is 20.0. The summed E-state index contributed by atoms with van der Waals surface area (Å²) in [5, 5.41) is 12.2. The van der Waals surface area contributed by atoms with Crippen LogP contribution in [0.3, 0.4) is 0 Å². The number of carboxylic acid groups (broad SMARTS) is 1. The number of nitrogens with zero attached hydrogens (tertiary/aromatic N) is 1. The number of hydrogen-bond acceptors (Lipinski definition) is 2. The molecule has 3 nitrogen and oxygen atoms in total. The van der Waals surface area contributed by atoms with Crippen LogP contribution in [-0.2, 0) is 4.79 Å². The summed E-state index contributed by atoms with van der Waals surface area (Å²) >= 11 is 0. The second-order valence-electron chi connectivity index (χ2n) is 9.96.